The molecule has 1 fully saturated rings. The standard InChI is InChI=1S/C17H19N5/c1-12-8-16(20-11-19-12)22-7-3-5-14(10-22)15-9-13-4-2-6-18-17(13)21-15/h2,4,6,8-9,11,14H,3,5,7,10H2,1H3,(H,18,21)/t14-/m1/s1. The van der Waals surface area contributed by atoms with Gasteiger partial charge in [-0.05, 0) is 38.0 Å². The van der Waals surface area contributed by atoms with Gasteiger partial charge in [-0.2, -0.15) is 0 Å². The number of aryl methyl sites for hydroxylation is 1. The molecule has 0 unspecified atom stereocenters. The van der Waals surface area contributed by atoms with Crippen molar-refractivity contribution in [2.75, 3.05) is 18.0 Å². The molecular weight excluding hydrogens is 274 g/mol. The molecule has 5 heteroatoms. The fourth-order valence-corrected chi connectivity index (χ4v) is 3.25. The highest BCUT2D eigenvalue weighted by Gasteiger charge is 2.23. The van der Waals surface area contributed by atoms with E-state index in [9.17, 15) is 0 Å². The third-order valence-electron chi connectivity index (χ3n) is 4.39. The van der Waals surface area contributed by atoms with E-state index in [2.05, 4.69) is 43.0 Å². The lowest BCUT2D eigenvalue weighted by Crippen LogP contribution is -2.35. The maximum atomic E-state index is 4.43. The second-order valence-electron chi connectivity index (χ2n) is 5.97. The number of hydrogen-bond donors (Lipinski definition) is 1. The number of hydrogen-bond acceptors (Lipinski definition) is 4. The molecule has 22 heavy (non-hydrogen) atoms. The predicted octanol–water partition coefficient (Wildman–Crippen LogP) is 3.05. The summed E-state index contributed by atoms with van der Waals surface area (Å²) in [5.41, 5.74) is 3.28. The summed E-state index contributed by atoms with van der Waals surface area (Å²) in [6.45, 7) is 4.06. The molecule has 3 aromatic heterocycles. The first-order valence-corrected chi connectivity index (χ1v) is 7.77. The second kappa shape index (κ2) is 5.40. The monoisotopic (exact) mass is 293 g/mol. The van der Waals surface area contributed by atoms with Gasteiger partial charge in [0, 0.05) is 48.0 Å². The summed E-state index contributed by atoms with van der Waals surface area (Å²) in [6.07, 6.45) is 5.87. The van der Waals surface area contributed by atoms with Crippen LogP contribution in [0.2, 0.25) is 0 Å². The smallest absolute Gasteiger partial charge is 0.137 e. The fourth-order valence-electron chi connectivity index (χ4n) is 3.25. The van der Waals surface area contributed by atoms with Crippen molar-refractivity contribution in [2.24, 2.45) is 0 Å². The number of H-pyrrole nitrogens is 1. The minimum Gasteiger partial charge on any atom is -0.356 e. The lowest BCUT2D eigenvalue weighted by molar-refractivity contribution is 0.500. The van der Waals surface area contributed by atoms with Crippen molar-refractivity contribution in [3.63, 3.8) is 0 Å². The SMILES string of the molecule is Cc1cc(N2CCC[C@@H](c3cc4cccnc4[nH]3)C2)ncn1. The van der Waals surface area contributed by atoms with E-state index in [1.165, 1.54) is 23.9 Å². The third-order valence-corrected chi connectivity index (χ3v) is 4.39. The Morgan fingerprint density at radius 1 is 1.23 bits per heavy atom. The van der Waals surface area contributed by atoms with Crippen molar-refractivity contribution in [1.82, 2.24) is 19.9 Å². The number of piperidine rings is 1. The van der Waals surface area contributed by atoms with Crippen LogP contribution >= 0.6 is 0 Å². The van der Waals surface area contributed by atoms with E-state index in [-0.39, 0.29) is 0 Å². The van der Waals surface area contributed by atoms with Crippen molar-refractivity contribution >= 4 is 16.9 Å². The zero-order chi connectivity index (χ0) is 14.9. The number of pyridine rings is 1. The zero-order valence-electron chi connectivity index (χ0n) is 12.7. The van der Waals surface area contributed by atoms with Gasteiger partial charge in [-0.1, -0.05) is 0 Å². The summed E-state index contributed by atoms with van der Waals surface area (Å²) in [4.78, 5) is 18.9. The molecule has 0 aromatic carbocycles. The number of nitrogens with one attached hydrogen (secondary N) is 1. The number of nitrogens with zero attached hydrogens (tertiary/aromatic N) is 4. The molecule has 1 N–H and O–H groups in total. The molecule has 112 valence electrons. The number of aromatic nitrogens is 4. The van der Waals surface area contributed by atoms with Crippen molar-refractivity contribution in [2.45, 2.75) is 25.7 Å². The quantitative estimate of drug-likeness (QED) is 0.789. The van der Waals surface area contributed by atoms with Gasteiger partial charge in [0.25, 0.3) is 0 Å². The third kappa shape index (κ3) is 2.43. The summed E-state index contributed by atoms with van der Waals surface area (Å²) in [5.74, 6) is 1.53. The minimum absolute atomic E-state index is 0.498. The van der Waals surface area contributed by atoms with E-state index in [0.29, 0.717) is 5.92 Å². The molecule has 0 aliphatic carbocycles. The van der Waals surface area contributed by atoms with Crippen molar-refractivity contribution < 1.29 is 0 Å². The molecule has 0 radical (unpaired) electrons. The molecule has 1 saturated heterocycles. The number of rotatable bonds is 2. The van der Waals surface area contributed by atoms with Crippen LogP contribution < -0.4 is 4.90 Å². The van der Waals surface area contributed by atoms with E-state index < -0.39 is 0 Å². The topological polar surface area (TPSA) is 57.7 Å². The van der Waals surface area contributed by atoms with E-state index in [0.717, 1.165) is 30.2 Å². The second-order valence-corrected chi connectivity index (χ2v) is 5.97. The largest absolute Gasteiger partial charge is 0.356 e. The van der Waals surface area contributed by atoms with Crippen LogP contribution in [-0.2, 0) is 0 Å². The van der Waals surface area contributed by atoms with Crippen LogP contribution in [0.4, 0.5) is 5.82 Å². The highest BCUT2D eigenvalue weighted by atomic mass is 15.2. The van der Waals surface area contributed by atoms with E-state index in [1.54, 1.807) is 6.33 Å². The average molecular weight is 293 g/mol. The van der Waals surface area contributed by atoms with Crippen molar-refractivity contribution in [3.8, 4) is 0 Å². The molecular formula is C17H19N5. The highest BCUT2D eigenvalue weighted by Crippen LogP contribution is 2.30. The maximum absolute atomic E-state index is 4.43. The van der Waals surface area contributed by atoms with Gasteiger partial charge in [0.2, 0.25) is 0 Å². The van der Waals surface area contributed by atoms with Crippen LogP contribution in [0.15, 0.2) is 36.8 Å². The Kier molecular flexibility index (Phi) is 3.25. The maximum Gasteiger partial charge on any atom is 0.137 e. The van der Waals surface area contributed by atoms with Gasteiger partial charge in [-0.3, -0.25) is 0 Å². The summed E-state index contributed by atoms with van der Waals surface area (Å²) in [6, 6.07) is 8.39. The fraction of sp³-hybridized carbons (Fsp3) is 0.353. The van der Waals surface area contributed by atoms with Crippen LogP contribution in [0.5, 0.6) is 0 Å². The van der Waals surface area contributed by atoms with Gasteiger partial charge >= 0.3 is 0 Å². The highest BCUT2D eigenvalue weighted by molar-refractivity contribution is 5.76. The Labute approximate surface area is 129 Å². The molecule has 0 bridgehead atoms. The Morgan fingerprint density at radius 2 is 2.18 bits per heavy atom. The Hall–Kier alpha value is -2.43. The van der Waals surface area contributed by atoms with Crippen LogP contribution in [0.3, 0.4) is 0 Å². The van der Waals surface area contributed by atoms with E-state index in [1.807, 2.05) is 19.2 Å². The first-order chi connectivity index (χ1) is 10.8. The summed E-state index contributed by atoms with van der Waals surface area (Å²) in [7, 11) is 0. The minimum atomic E-state index is 0.498. The predicted molar refractivity (Wildman–Crippen MR) is 87.1 cm³/mol. The Morgan fingerprint density at radius 3 is 3.05 bits per heavy atom. The summed E-state index contributed by atoms with van der Waals surface area (Å²) >= 11 is 0. The number of fused-ring (bicyclic) bond motifs is 1. The molecule has 5 nitrogen and oxygen atoms in total. The molecule has 1 aliphatic rings. The molecule has 0 spiro atoms. The van der Waals surface area contributed by atoms with Crippen LogP contribution in [0, 0.1) is 6.92 Å². The number of anilines is 1. The first kappa shape index (κ1) is 13.2. The van der Waals surface area contributed by atoms with Gasteiger partial charge in [0.05, 0.1) is 0 Å². The average Bonchev–Trinajstić information content (AvgIpc) is 2.99. The van der Waals surface area contributed by atoms with Crippen LogP contribution in [0.25, 0.3) is 11.0 Å². The van der Waals surface area contributed by atoms with Gasteiger partial charge in [0.15, 0.2) is 0 Å². The van der Waals surface area contributed by atoms with E-state index >= 15 is 0 Å². The molecule has 1 atom stereocenters. The lowest BCUT2D eigenvalue weighted by atomic mass is 9.95. The van der Waals surface area contributed by atoms with Crippen LogP contribution in [-0.4, -0.2) is 33.0 Å². The Balaban J connectivity index is 1.60. The molecule has 4 rings (SSSR count). The molecule has 0 saturated carbocycles. The van der Waals surface area contributed by atoms with Gasteiger partial charge in [0.1, 0.15) is 17.8 Å². The summed E-state index contributed by atoms with van der Waals surface area (Å²) in [5, 5.41) is 1.19. The van der Waals surface area contributed by atoms with Gasteiger partial charge < -0.3 is 9.88 Å². The van der Waals surface area contributed by atoms with Gasteiger partial charge in [-0.15, -0.1) is 0 Å². The van der Waals surface area contributed by atoms with Crippen LogP contribution in [0.1, 0.15) is 30.1 Å². The molecule has 1 aliphatic heterocycles. The number of aromatic amines is 1. The van der Waals surface area contributed by atoms with Crippen molar-refractivity contribution in [1.29, 1.82) is 0 Å². The van der Waals surface area contributed by atoms with Crippen molar-refractivity contribution in [3.05, 3.63) is 48.2 Å². The Bertz CT molecular complexity index is 761. The molecule has 3 aromatic rings. The van der Waals surface area contributed by atoms with E-state index in [4.69, 9.17) is 0 Å². The zero-order valence-corrected chi connectivity index (χ0v) is 12.7. The summed E-state index contributed by atoms with van der Waals surface area (Å²) < 4.78 is 0. The lowest BCUT2D eigenvalue weighted by Gasteiger charge is -2.33. The molecule has 0 amide bonds. The normalized spacial score (nSPS) is 18.8. The van der Waals surface area contributed by atoms with Gasteiger partial charge in [-0.25, -0.2) is 15.0 Å². The first-order valence-electron chi connectivity index (χ1n) is 7.77. The molecule has 4 heterocycles.